The van der Waals surface area contributed by atoms with E-state index in [0.29, 0.717) is 25.1 Å². The van der Waals surface area contributed by atoms with Crippen LogP contribution in [0.25, 0.3) is 0 Å². The zero-order chi connectivity index (χ0) is 15.9. The Balaban J connectivity index is 1.94. The molecule has 2 atom stereocenters. The molecule has 0 saturated carbocycles. The first-order chi connectivity index (χ1) is 10.6. The van der Waals surface area contributed by atoms with E-state index in [0.717, 1.165) is 17.0 Å². The van der Waals surface area contributed by atoms with Crippen LogP contribution in [0.5, 0.6) is 0 Å². The van der Waals surface area contributed by atoms with Crippen molar-refractivity contribution in [1.82, 2.24) is 0 Å². The normalized spacial score (nSPS) is 20.8. The van der Waals surface area contributed by atoms with Crippen LogP contribution in [0.4, 0.5) is 5.69 Å². The molecule has 22 heavy (non-hydrogen) atoms. The van der Waals surface area contributed by atoms with Gasteiger partial charge in [0.05, 0.1) is 11.8 Å². The van der Waals surface area contributed by atoms with E-state index in [9.17, 15) is 9.59 Å². The zero-order valence-electron chi connectivity index (χ0n) is 12.3. The van der Waals surface area contributed by atoms with E-state index in [1.165, 1.54) is 11.8 Å². The summed E-state index contributed by atoms with van der Waals surface area (Å²) >= 11 is 1.49. The second kappa shape index (κ2) is 8.17. The van der Waals surface area contributed by atoms with Gasteiger partial charge in [0, 0.05) is 23.6 Å². The van der Waals surface area contributed by atoms with Gasteiger partial charge < -0.3 is 21.5 Å². The SMILES string of the molecule is NC[C@H]1CC[C@@H](C(=O)Nc2ccccc2SCCC(N)=O)O1. The van der Waals surface area contributed by atoms with Gasteiger partial charge in [-0.1, -0.05) is 12.1 Å². The minimum absolute atomic E-state index is 0.0315. The third kappa shape index (κ3) is 4.72. The topological polar surface area (TPSA) is 107 Å². The lowest BCUT2D eigenvalue weighted by atomic mass is 10.2. The van der Waals surface area contributed by atoms with Gasteiger partial charge in [0.15, 0.2) is 0 Å². The van der Waals surface area contributed by atoms with Crippen molar-refractivity contribution < 1.29 is 14.3 Å². The number of thioether (sulfide) groups is 1. The Kier molecular flexibility index (Phi) is 6.23. The third-order valence-corrected chi connectivity index (χ3v) is 4.49. The molecule has 0 spiro atoms. The van der Waals surface area contributed by atoms with E-state index in [1.807, 2.05) is 24.3 Å². The highest BCUT2D eigenvalue weighted by atomic mass is 32.2. The molecule has 5 N–H and O–H groups in total. The molecule has 0 radical (unpaired) electrons. The van der Waals surface area contributed by atoms with Crippen molar-refractivity contribution in [3.05, 3.63) is 24.3 Å². The molecule has 1 fully saturated rings. The van der Waals surface area contributed by atoms with E-state index in [1.54, 1.807) is 0 Å². The first kappa shape index (κ1) is 16.8. The molecular formula is C15H21N3O3S. The molecule has 1 aliphatic heterocycles. The number of para-hydroxylation sites is 1. The van der Waals surface area contributed by atoms with Gasteiger partial charge >= 0.3 is 0 Å². The summed E-state index contributed by atoms with van der Waals surface area (Å²) in [5.74, 6) is 0.0947. The van der Waals surface area contributed by atoms with Crippen molar-refractivity contribution in [2.45, 2.75) is 36.4 Å². The number of hydrogen-bond acceptors (Lipinski definition) is 5. The summed E-state index contributed by atoms with van der Waals surface area (Å²) in [5, 5.41) is 2.89. The lowest BCUT2D eigenvalue weighted by Gasteiger charge is -2.14. The van der Waals surface area contributed by atoms with Crippen molar-refractivity contribution in [3.63, 3.8) is 0 Å². The zero-order valence-corrected chi connectivity index (χ0v) is 13.1. The van der Waals surface area contributed by atoms with Gasteiger partial charge in [0.25, 0.3) is 5.91 Å². The summed E-state index contributed by atoms with van der Waals surface area (Å²) in [7, 11) is 0. The highest BCUT2D eigenvalue weighted by molar-refractivity contribution is 7.99. The number of hydrogen-bond donors (Lipinski definition) is 3. The Morgan fingerprint density at radius 2 is 2.09 bits per heavy atom. The predicted molar refractivity (Wildman–Crippen MR) is 86.6 cm³/mol. The number of primary amides is 1. The highest BCUT2D eigenvalue weighted by Crippen LogP contribution is 2.28. The summed E-state index contributed by atoms with van der Waals surface area (Å²) in [5.41, 5.74) is 11.4. The van der Waals surface area contributed by atoms with Gasteiger partial charge in [-0.3, -0.25) is 9.59 Å². The minimum atomic E-state index is -0.447. The van der Waals surface area contributed by atoms with Crippen molar-refractivity contribution in [1.29, 1.82) is 0 Å². The number of nitrogens with two attached hydrogens (primary N) is 2. The van der Waals surface area contributed by atoms with Crippen LogP contribution in [0.2, 0.25) is 0 Å². The maximum Gasteiger partial charge on any atom is 0.253 e. The smallest absolute Gasteiger partial charge is 0.253 e. The summed E-state index contributed by atoms with van der Waals surface area (Å²) in [6.07, 6.45) is 1.32. The van der Waals surface area contributed by atoms with Crippen LogP contribution in [0, 0.1) is 0 Å². The molecule has 120 valence electrons. The second-order valence-electron chi connectivity index (χ2n) is 5.11. The van der Waals surface area contributed by atoms with E-state index < -0.39 is 6.10 Å². The molecule has 1 aromatic carbocycles. The first-order valence-electron chi connectivity index (χ1n) is 7.26. The lowest BCUT2D eigenvalue weighted by molar-refractivity contribution is -0.126. The van der Waals surface area contributed by atoms with E-state index in [2.05, 4.69) is 5.32 Å². The van der Waals surface area contributed by atoms with Gasteiger partial charge in [-0.25, -0.2) is 0 Å². The van der Waals surface area contributed by atoms with Crippen molar-refractivity contribution in [2.75, 3.05) is 17.6 Å². The van der Waals surface area contributed by atoms with Crippen molar-refractivity contribution >= 4 is 29.3 Å². The number of rotatable bonds is 7. The number of ether oxygens (including phenoxy) is 1. The number of carbonyl (C=O) groups is 2. The maximum absolute atomic E-state index is 12.3. The molecule has 0 aliphatic carbocycles. The molecule has 2 amide bonds. The molecule has 1 heterocycles. The number of anilines is 1. The van der Waals surface area contributed by atoms with E-state index in [-0.39, 0.29) is 17.9 Å². The highest BCUT2D eigenvalue weighted by Gasteiger charge is 2.30. The largest absolute Gasteiger partial charge is 0.370 e. The quantitative estimate of drug-likeness (QED) is 0.651. The fraction of sp³-hybridized carbons (Fsp3) is 0.467. The molecule has 2 rings (SSSR count). The summed E-state index contributed by atoms with van der Waals surface area (Å²) in [4.78, 5) is 24.0. The Bertz CT molecular complexity index is 539. The Hall–Kier alpha value is -1.57. The average molecular weight is 323 g/mol. The number of carbonyl (C=O) groups excluding carboxylic acids is 2. The number of nitrogens with one attached hydrogen (secondary N) is 1. The molecule has 7 heteroatoms. The monoisotopic (exact) mass is 323 g/mol. The van der Waals surface area contributed by atoms with Crippen LogP contribution < -0.4 is 16.8 Å². The molecule has 0 unspecified atom stereocenters. The lowest BCUT2D eigenvalue weighted by Crippen LogP contribution is -2.29. The van der Waals surface area contributed by atoms with Crippen molar-refractivity contribution in [2.24, 2.45) is 11.5 Å². The molecule has 1 aromatic rings. The van der Waals surface area contributed by atoms with Gasteiger partial charge in [-0.05, 0) is 25.0 Å². The van der Waals surface area contributed by atoms with Crippen LogP contribution in [0.1, 0.15) is 19.3 Å². The van der Waals surface area contributed by atoms with Gasteiger partial charge in [-0.2, -0.15) is 0 Å². The predicted octanol–water partition coefficient (Wildman–Crippen LogP) is 1.10. The first-order valence-corrected chi connectivity index (χ1v) is 8.25. The third-order valence-electron chi connectivity index (χ3n) is 3.41. The number of amides is 2. The van der Waals surface area contributed by atoms with E-state index in [4.69, 9.17) is 16.2 Å². The van der Waals surface area contributed by atoms with Crippen LogP contribution in [-0.4, -0.2) is 36.3 Å². The fourth-order valence-electron chi connectivity index (χ4n) is 2.24. The van der Waals surface area contributed by atoms with Gasteiger partial charge in [0.1, 0.15) is 6.10 Å². The number of benzene rings is 1. The van der Waals surface area contributed by atoms with Crippen LogP contribution in [-0.2, 0) is 14.3 Å². The molecule has 1 aliphatic rings. The van der Waals surface area contributed by atoms with Crippen LogP contribution in [0.15, 0.2) is 29.2 Å². The average Bonchev–Trinajstić information content (AvgIpc) is 2.98. The summed E-state index contributed by atoms with van der Waals surface area (Å²) < 4.78 is 5.59. The summed E-state index contributed by atoms with van der Waals surface area (Å²) in [6, 6.07) is 7.48. The molecule has 1 saturated heterocycles. The molecule has 6 nitrogen and oxygen atoms in total. The van der Waals surface area contributed by atoms with E-state index >= 15 is 0 Å². The summed E-state index contributed by atoms with van der Waals surface area (Å²) in [6.45, 7) is 0.434. The Morgan fingerprint density at radius 3 is 2.77 bits per heavy atom. The maximum atomic E-state index is 12.3. The van der Waals surface area contributed by atoms with Gasteiger partial charge in [-0.15, -0.1) is 11.8 Å². The molecule has 0 aromatic heterocycles. The molecular weight excluding hydrogens is 302 g/mol. The Labute approximate surface area is 133 Å². The minimum Gasteiger partial charge on any atom is -0.370 e. The standard InChI is InChI=1S/C15H21N3O3S/c16-9-10-5-6-12(21-10)15(20)18-11-3-1-2-4-13(11)22-8-7-14(17)19/h1-4,10,12H,5-9,16H2,(H2,17,19)(H,18,20)/t10-,12+/m1/s1. The Morgan fingerprint density at radius 1 is 1.32 bits per heavy atom. The van der Waals surface area contributed by atoms with Crippen LogP contribution >= 0.6 is 11.8 Å². The van der Waals surface area contributed by atoms with Crippen LogP contribution in [0.3, 0.4) is 0 Å². The second-order valence-corrected chi connectivity index (χ2v) is 6.25. The van der Waals surface area contributed by atoms with Gasteiger partial charge in [0.2, 0.25) is 5.91 Å². The fourth-order valence-corrected chi connectivity index (χ4v) is 3.22. The van der Waals surface area contributed by atoms with Crippen molar-refractivity contribution in [3.8, 4) is 0 Å². The molecule has 0 bridgehead atoms.